The molecule has 2 aromatic carbocycles. The highest BCUT2D eigenvalue weighted by atomic mass is 35.5. The Bertz CT molecular complexity index is 1450. The van der Waals surface area contributed by atoms with Crippen LogP contribution in [-0.4, -0.2) is 27.9 Å². The number of aryl methyl sites for hydroxylation is 1. The Morgan fingerprint density at radius 1 is 1.00 bits per heavy atom. The molecule has 1 aliphatic rings. The number of carbonyl (C=O) groups is 2. The highest BCUT2D eigenvalue weighted by Crippen LogP contribution is 2.37. The lowest BCUT2D eigenvalue weighted by Crippen LogP contribution is -2.23. The molecule has 1 amide bonds. The lowest BCUT2D eigenvalue weighted by atomic mass is 9.77. The molecule has 7 heteroatoms. The molecule has 39 heavy (non-hydrogen) atoms. The third-order valence-electron chi connectivity index (χ3n) is 7.79. The van der Waals surface area contributed by atoms with Crippen molar-refractivity contribution in [1.29, 1.82) is 0 Å². The van der Waals surface area contributed by atoms with Crippen LogP contribution in [-0.2, 0) is 16.1 Å². The Morgan fingerprint density at radius 2 is 1.74 bits per heavy atom. The zero-order valence-corrected chi connectivity index (χ0v) is 23.2. The minimum absolute atomic E-state index is 0.0694. The second kappa shape index (κ2) is 12.0. The Hall–Kier alpha value is -3.64. The van der Waals surface area contributed by atoms with Gasteiger partial charge in [0.05, 0.1) is 6.61 Å². The lowest BCUT2D eigenvalue weighted by molar-refractivity contribution is -0.144. The van der Waals surface area contributed by atoms with Crippen LogP contribution in [0.15, 0.2) is 67.0 Å². The number of esters is 1. The average Bonchev–Trinajstić information content (AvgIpc) is 3.37. The highest BCUT2D eigenvalue weighted by molar-refractivity contribution is 6.31. The summed E-state index contributed by atoms with van der Waals surface area (Å²) in [5.74, 6) is 0.666. The number of fused-ring (bicyclic) bond motifs is 1. The molecule has 0 saturated heterocycles. The predicted molar refractivity (Wildman–Crippen MR) is 154 cm³/mol. The number of imidazole rings is 1. The molecule has 202 valence electrons. The van der Waals surface area contributed by atoms with Gasteiger partial charge in [0.2, 0.25) is 0 Å². The van der Waals surface area contributed by atoms with Gasteiger partial charge in [-0.25, -0.2) is 4.98 Å². The molecule has 1 saturated carbocycles. The van der Waals surface area contributed by atoms with E-state index in [-0.39, 0.29) is 11.9 Å². The van der Waals surface area contributed by atoms with Crippen molar-refractivity contribution in [2.24, 2.45) is 5.92 Å². The molecule has 5 rings (SSSR count). The van der Waals surface area contributed by atoms with Gasteiger partial charge in [-0.2, -0.15) is 0 Å². The topological polar surface area (TPSA) is 72.7 Å². The van der Waals surface area contributed by atoms with E-state index in [2.05, 4.69) is 34.6 Å². The van der Waals surface area contributed by atoms with Crippen LogP contribution >= 0.6 is 11.6 Å². The van der Waals surface area contributed by atoms with E-state index in [1.807, 2.05) is 54.8 Å². The van der Waals surface area contributed by atoms with E-state index >= 15 is 0 Å². The van der Waals surface area contributed by atoms with Crippen LogP contribution in [0, 0.1) is 12.8 Å². The molecule has 0 atom stereocenters. The molecule has 2 heterocycles. The van der Waals surface area contributed by atoms with E-state index in [9.17, 15) is 9.59 Å². The number of pyridine rings is 1. The van der Waals surface area contributed by atoms with Crippen LogP contribution in [0.25, 0.3) is 16.8 Å². The largest absolute Gasteiger partial charge is 0.466 e. The van der Waals surface area contributed by atoms with Gasteiger partial charge in [0.15, 0.2) is 0 Å². The van der Waals surface area contributed by atoms with Gasteiger partial charge in [0.1, 0.15) is 11.3 Å². The SMILES string of the molecule is CCOC(=O)CC1CCC(c2ccc(-c3ccc4nc(C(=O)NCc5c(C)cccc5Cl)cn4c3)cc2)CC1. The fraction of sp³-hybridized carbons (Fsp3) is 0.344. The third kappa shape index (κ3) is 6.34. The zero-order chi connectivity index (χ0) is 27.4. The number of nitrogens with zero attached hydrogens (tertiary/aromatic N) is 2. The predicted octanol–water partition coefficient (Wildman–Crippen LogP) is 7.12. The fourth-order valence-corrected chi connectivity index (χ4v) is 5.81. The number of hydrogen-bond acceptors (Lipinski definition) is 4. The Balaban J connectivity index is 1.22. The smallest absolute Gasteiger partial charge is 0.306 e. The van der Waals surface area contributed by atoms with Crippen LogP contribution in [0.5, 0.6) is 0 Å². The Labute approximate surface area is 234 Å². The molecule has 1 aliphatic carbocycles. The molecule has 0 unspecified atom stereocenters. The highest BCUT2D eigenvalue weighted by Gasteiger charge is 2.24. The molecule has 6 nitrogen and oxygen atoms in total. The summed E-state index contributed by atoms with van der Waals surface area (Å²) in [6, 6.07) is 18.4. The number of ether oxygens (including phenoxy) is 1. The average molecular weight is 544 g/mol. The number of carbonyl (C=O) groups excluding carboxylic acids is 2. The summed E-state index contributed by atoms with van der Waals surface area (Å²) < 4.78 is 7.01. The van der Waals surface area contributed by atoms with Crippen LogP contribution in [0.4, 0.5) is 0 Å². The number of rotatable bonds is 8. The lowest BCUT2D eigenvalue weighted by Gasteiger charge is -2.28. The Kier molecular flexibility index (Phi) is 8.32. The molecule has 1 fully saturated rings. The first-order valence-electron chi connectivity index (χ1n) is 13.7. The van der Waals surface area contributed by atoms with Gasteiger partial charge in [0.25, 0.3) is 5.91 Å². The molecule has 0 aliphatic heterocycles. The molecule has 4 aromatic rings. The van der Waals surface area contributed by atoms with Crippen molar-refractivity contribution in [3.8, 4) is 11.1 Å². The maximum atomic E-state index is 12.8. The molecule has 2 aromatic heterocycles. The molecule has 0 radical (unpaired) electrons. The summed E-state index contributed by atoms with van der Waals surface area (Å²) in [6.07, 6.45) is 8.65. The van der Waals surface area contributed by atoms with Crippen molar-refractivity contribution in [2.75, 3.05) is 6.61 Å². The molecule has 0 spiro atoms. The van der Waals surface area contributed by atoms with E-state index in [0.717, 1.165) is 47.9 Å². The Morgan fingerprint density at radius 3 is 2.46 bits per heavy atom. The van der Waals surface area contributed by atoms with E-state index in [0.29, 0.717) is 47.8 Å². The van der Waals surface area contributed by atoms with Crippen LogP contribution < -0.4 is 5.32 Å². The number of nitrogens with one attached hydrogen (secondary N) is 1. The first kappa shape index (κ1) is 26.9. The van der Waals surface area contributed by atoms with Gasteiger partial charge in [-0.05, 0) is 97.4 Å². The second-order valence-corrected chi connectivity index (χ2v) is 10.8. The summed E-state index contributed by atoms with van der Waals surface area (Å²) in [5, 5.41) is 3.58. The fourth-order valence-electron chi connectivity index (χ4n) is 5.52. The van der Waals surface area contributed by atoms with Gasteiger partial charge < -0.3 is 14.5 Å². The molecular formula is C32H34ClN3O3. The number of amides is 1. The van der Waals surface area contributed by atoms with Crippen molar-refractivity contribution in [1.82, 2.24) is 14.7 Å². The summed E-state index contributed by atoms with van der Waals surface area (Å²) in [6.45, 7) is 4.64. The van der Waals surface area contributed by atoms with Crippen LogP contribution in [0.1, 0.15) is 72.1 Å². The van der Waals surface area contributed by atoms with E-state index in [1.165, 1.54) is 5.56 Å². The van der Waals surface area contributed by atoms with Crippen molar-refractivity contribution >= 4 is 29.1 Å². The summed E-state index contributed by atoms with van der Waals surface area (Å²) >= 11 is 6.30. The quantitative estimate of drug-likeness (QED) is 0.240. The second-order valence-electron chi connectivity index (χ2n) is 10.4. The maximum absolute atomic E-state index is 12.8. The standard InChI is InChI=1S/C32H34ClN3O3/c1-3-39-31(37)17-22-7-9-23(10-8-22)24-11-13-25(14-12-24)26-15-16-30-35-29(20-36(30)19-26)32(38)34-18-27-21(2)5-4-6-28(27)33/h4-6,11-16,19-20,22-23H,3,7-10,17-18H2,1-2H3,(H,34,38). The van der Waals surface area contributed by atoms with E-state index < -0.39 is 0 Å². The van der Waals surface area contributed by atoms with Crippen molar-refractivity contribution in [3.05, 3.63) is 94.4 Å². The minimum Gasteiger partial charge on any atom is -0.466 e. The third-order valence-corrected chi connectivity index (χ3v) is 8.14. The van der Waals surface area contributed by atoms with Crippen LogP contribution in [0.3, 0.4) is 0 Å². The first-order valence-corrected chi connectivity index (χ1v) is 14.1. The van der Waals surface area contributed by atoms with Gasteiger partial charge in [-0.1, -0.05) is 48.0 Å². The van der Waals surface area contributed by atoms with Crippen molar-refractivity contribution in [2.45, 2.75) is 58.4 Å². The molecule has 0 bridgehead atoms. The minimum atomic E-state index is -0.235. The zero-order valence-electron chi connectivity index (χ0n) is 22.5. The number of aromatic nitrogens is 2. The summed E-state index contributed by atoms with van der Waals surface area (Å²) in [5.41, 5.74) is 6.56. The molecular weight excluding hydrogens is 510 g/mol. The van der Waals surface area contributed by atoms with Gasteiger partial charge in [-0.3, -0.25) is 9.59 Å². The van der Waals surface area contributed by atoms with Gasteiger partial charge in [-0.15, -0.1) is 0 Å². The normalized spacial score (nSPS) is 17.2. The molecule has 1 N–H and O–H groups in total. The van der Waals surface area contributed by atoms with Crippen LogP contribution in [0.2, 0.25) is 5.02 Å². The monoisotopic (exact) mass is 543 g/mol. The van der Waals surface area contributed by atoms with E-state index in [4.69, 9.17) is 16.3 Å². The van der Waals surface area contributed by atoms with Gasteiger partial charge in [0, 0.05) is 30.4 Å². The van der Waals surface area contributed by atoms with E-state index in [1.54, 1.807) is 6.20 Å². The van der Waals surface area contributed by atoms with Crippen molar-refractivity contribution in [3.63, 3.8) is 0 Å². The summed E-state index contributed by atoms with van der Waals surface area (Å²) in [7, 11) is 0. The summed E-state index contributed by atoms with van der Waals surface area (Å²) in [4.78, 5) is 29.1. The number of benzene rings is 2. The van der Waals surface area contributed by atoms with Crippen molar-refractivity contribution < 1.29 is 14.3 Å². The number of halogens is 1. The number of hydrogen-bond donors (Lipinski definition) is 1. The van der Waals surface area contributed by atoms with Gasteiger partial charge >= 0.3 is 5.97 Å². The maximum Gasteiger partial charge on any atom is 0.306 e. The first-order chi connectivity index (χ1) is 18.9.